The predicted molar refractivity (Wildman–Crippen MR) is 96.5 cm³/mol. The van der Waals surface area contributed by atoms with E-state index in [9.17, 15) is 0 Å². The highest BCUT2D eigenvalue weighted by molar-refractivity contribution is 9.11. The van der Waals surface area contributed by atoms with E-state index >= 15 is 0 Å². The number of rotatable bonds is 4. The number of halogens is 4. The van der Waals surface area contributed by atoms with Gasteiger partial charge in [0.05, 0.1) is 11.1 Å². The van der Waals surface area contributed by atoms with Crippen LogP contribution in [-0.2, 0) is 0 Å². The fourth-order valence-electron chi connectivity index (χ4n) is 2.07. The van der Waals surface area contributed by atoms with Crippen LogP contribution in [0.4, 0.5) is 0 Å². The molecule has 20 heavy (non-hydrogen) atoms. The van der Waals surface area contributed by atoms with E-state index in [-0.39, 0.29) is 6.04 Å². The van der Waals surface area contributed by atoms with E-state index in [1.165, 1.54) is 0 Å². The van der Waals surface area contributed by atoms with Crippen LogP contribution < -0.4 is 5.32 Å². The van der Waals surface area contributed by atoms with Gasteiger partial charge in [0, 0.05) is 13.4 Å². The van der Waals surface area contributed by atoms with Gasteiger partial charge in [0.25, 0.3) is 0 Å². The molecule has 106 valence electrons. The van der Waals surface area contributed by atoms with E-state index in [4.69, 9.17) is 11.6 Å². The van der Waals surface area contributed by atoms with Gasteiger partial charge in [0.1, 0.15) is 0 Å². The Balaban J connectivity index is 2.56. The highest BCUT2D eigenvalue weighted by Gasteiger charge is 2.19. The quantitative estimate of drug-likeness (QED) is 0.538. The van der Waals surface area contributed by atoms with Gasteiger partial charge >= 0.3 is 0 Å². The summed E-state index contributed by atoms with van der Waals surface area (Å²) in [5.41, 5.74) is 2.21. The van der Waals surface area contributed by atoms with Gasteiger partial charge < -0.3 is 5.32 Å². The fraction of sp³-hybridized carbons (Fsp3) is 0.200. The summed E-state index contributed by atoms with van der Waals surface area (Å²) in [7, 11) is 0. The van der Waals surface area contributed by atoms with Crippen molar-refractivity contribution in [2.24, 2.45) is 0 Å². The Morgan fingerprint density at radius 3 is 2.50 bits per heavy atom. The van der Waals surface area contributed by atoms with Crippen LogP contribution in [0.15, 0.2) is 49.8 Å². The van der Waals surface area contributed by atoms with Gasteiger partial charge in [-0.3, -0.25) is 0 Å². The van der Waals surface area contributed by atoms with Gasteiger partial charge in [-0.2, -0.15) is 0 Å². The van der Waals surface area contributed by atoms with E-state index in [1.54, 1.807) is 0 Å². The maximum Gasteiger partial charge on any atom is 0.0603 e. The fourth-order valence-corrected chi connectivity index (χ4v) is 3.54. The van der Waals surface area contributed by atoms with E-state index in [1.807, 2.05) is 30.3 Å². The van der Waals surface area contributed by atoms with Crippen molar-refractivity contribution >= 4 is 59.4 Å². The van der Waals surface area contributed by atoms with Gasteiger partial charge in [-0.1, -0.05) is 62.5 Å². The van der Waals surface area contributed by atoms with E-state index in [0.717, 1.165) is 36.1 Å². The second-order valence-electron chi connectivity index (χ2n) is 4.30. The first kappa shape index (κ1) is 16.5. The lowest BCUT2D eigenvalue weighted by molar-refractivity contribution is 0.628. The molecule has 0 spiro atoms. The molecule has 5 heteroatoms. The minimum atomic E-state index is 0.0388. The second kappa shape index (κ2) is 7.41. The molecule has 1 atom stereocenters. The average Bonchev–Trinajstić information content (AvgIpc) is 2.43. The first-order chi connectivity index (χ1) is 9.54. The molecule has 0 saturated carbocycles. The largest absolute Gasteiger partial charge is 0.306 e. The van der Waals surface area contributed by atoms with Crippen LogP contribution in [0.25, 0.3) is 0 Å². The number of nitrogens with one attached hydrogen (secondary N) is 1. The molecule has 2 aromatic rings. The molecule has 0 radical (unpaired) electrons. The highest BCUT2D eigenvalue weighted by Crippen LogP contribution is 2.36. The summed E-state index contributed by atoms with van der Waals surface area (Å²) in [5, 5.41) is 4.24. The Hall–Kier alpha value is 0.130. The van der Waals surface area contributed by atoms with Crippen LogP contribution in [0, 0.1) is 0 Å². The third kappa shape index (κ3) is 3.66. The Bertz CT molecular complexity index is 614. The molecule has 1 N–H and O–H groups in total. The summed E-state index contributed by atoms with van der Waals surface area (Å²) in [6.07, 6.45) is 0. The van der Waals surface area contributed by atoms with Gasteiger partial charge in [-0.15, -0.1) is 0 Å². The molecule has 0 bridgehead atoms. The third-order valence-electron chi connectivity index (χ3n) is 2.97. The van der Waals surface area contributed by atoms with Crippen molar-refractivity contribution in [2.75, 3.05) is 6.54 Å². The topological polar surface area (TPSA) is 12.0 Å². The first-order valence-corrected chi connectivity index (χ1v) is 8.92. The van der Waals surface area contributed by atoms with Gasteiger partial charge in [-0.05, 0) is 57.9 Å². The van der Waals surface area contributed by atoms with Crippen molar-refractivity contribution in [1.82, 2.24) is 5.32 Å². The maximum atomic E-state index is 6.45. The van der Waals surface area contributed by atoms with Crippen LogP contribution in [0.2, 0.25) is 5.02 Å². The molecule has 0 heterocycles. The Labute approximate surface area is 149 Å². The molecule has 2 rings (SSSR count). The summed E-state index contributed by atoms with van der Waals surface area (Å²) < 4.78 is 3.01. The van der Waals surface area contributed by atoms with Crippen molar-refractivity contribution in [1.29, 1.82) is 0 Å². The minimum Gasteiger partial charge on any atom is -0.306 e. The summed E-state index contributed by atoms with van der Waals surface area (Å²) in [4.78, 5) is 0. The number of hydrogen-bond donors (Lipinski definition) is 1. The maximum absolute atomic E-state index is 6.45. The van der Waals surface area contributed by atoms with E-state index in [2.05, 4.69) is 66.1 Å². The molecular formula is C15H13Br3ClN. The normalized spacial score (nSPS) is 12.4. The van der Waals surface area contributed by atoms with Gasteiger partial charge in [-0.25, -0.2) is 0 Å². The lowest BCUT2D eigenvalue weighted by atomic mass is 9.98. The second-order valence-corrected chi connectivity index (χ2v) is 7.30. The van der Waals surface area contributed by atoms with Crippen molar-refractivity contribution in [3.63, 3.8) is 0 Å². The highest BCUT2D eigenvalue weighted by atomic mass is 79.9. The monoisotopic (exact) mass is 479 g/mol. The van der Waals surface area contributed by atoms with E-state index in [0.29, 0.717) is 0 Å². The molecule has 2 aromatic carbocycles. The van der Waals surface area contributed by atoms with Gasteiger partial charge in [0.2, 0.25) is 0 Å². The van der Waals surface area contributed by atoms with Crippen LogP contribution >= 0.6 is 59.4 Å². The molecule has 0 aromatic heterocycles. The van der Waals surface area contributed by atoms with Crippen molar-refractivity contribution in [3.05, 3.63) is 66.0 Å². The van der Waals surface area contributed by atoms with Crippen molar-refractivity contribution in [2.45, 2.75) is 13.0 Å². The lowest BCUT2D eigenvalue weighted by Gasteiger charge is -2.22. The predicted octanol–water partition coefficient (Wildman–Crippen LogP) is 6.33. The Morgan fingerprint density at radius 2 is 1.80 bits per heavy atom. The standard InChI is InChI=1S/C15H13Br3ClN/c1-2-20-15(10-4-3-5-13(18)14(10)19)11-8-9(16)6-7-12(11)17/h3-8,15,20H,2H2,1H3. The van der Waals surface area contributed by atoms with Crippen LogP contribution in [0.1, 0.15) is 24.1 Å². The van der Waals surface area contributed by atoms with Crippen LogP contribution in [0.3, 0.4) is 0 Å². The lowest BCUT2D eigenvalue weighted by Crippen LogP contribution is -2.22. The Kier molecular flexibility index (Phi) is 6.11. The van der Waals surface area contributed by atoms with Crippen LogP contribution in [-0.4, -0.2) is 6.54 Å². The molecule has 0 fully saturated rings. The average molecular weight is 482 g/mol. The van der Waals surface area contributed by atoms with Crippen LogP contribution in [0.5, 0.6) is 0 Å². The number of benzene rings is 2. The zero-order chi connectivity index (χ0) is 14.7. The summed E-state index contributed by atoms with van der Waals surface area (Å²) in [5.74, 6) is 0. The molecule has 0 aliphatic carbocycles. The number of hydrogen-bond acceptors (Lipinski definition) is 1. The van der Waals surface area contributed by atoms with Crippen molar-refractivity contribution < 1.29 is 0 Å². The summed E-state index contributed by atoms with van der Waals surface area (Å²) in [6, 6.07) is 12.2. The summed E-state index contributed by atoms with van der Waals surface area (Å²) in [6.45, 7) is 2.94. The SMILES string of the molecule is CCNC(c1cc(Br)ccc1Br)c1cccc(Br)c1Cl. The minimum absolute atomic E-state index is 0.0388. The molecule has 0 aliphatic heterocycles. The smallest absolute Gasteiger partial charge is 0.0603 e. The molecule has 1 unspecified atom stereocenters. The molecular weight excluding hydrogens is 469 g/mol. The zero-order valence-electron chi connectivity index (χ0n) is 10.8. The molecule has 0 saturated heterocycles. The Morgan fingerprint density at radius 1 is 1.05 bits per heavy atom. The van der Waals surface area contributed by atoms with Crippen molar-refractivity contribution in [3.8, 4) is 0 Å². The molecule has 1 nitrogen and oxygen atoms in total. The zero-order valence-corrected chi connectivity index (χ0v) is 16.3. The van der Waals surface area contributed by atoms with E-state index < -0.39 is 0 Å². The first-order valence-electron chi connectivity index (χ1n) is 6.16. The summed E-state index contributed by atoms with van der Waals surface area (Å²) >= 11 is 17.1. The third-order valence-corrected chi connectivity index (χ3v) is 5.50. The van der Waals surface area contributed by atoms with Gasteiger partial charge in [0.15, 0.2) is 0 Å². The molecule has 0 amide bonds. The molecule has 0 aliphatic rings.